The number of hydrogen-bond donors (Lipinski definition) is 0. The summed E-state index contributed by atoms with van der Waals surface area (Å²) in [7, 11) is 0. The maximum atomic E-state index is 13.1. The third kappa shape index (κ3) is 3.82. The van der Waals surface area contributed by atoms with Crippen LogP contribution in [0.2, 0.25) is 0 Å². The summed E-state index contributed by atoms with van der Waals surface area (Å²) < 4.78 is 5.14. The van der Waals surface area contributed by atoms with E-state index in [0.29, 0.717) is 30.8 Å². The number of nitrogens with zero attached hydrogens (tertiary/aromatic N) is 1. The average Bonchev–Trinajstić information content (AvgIpc) is 3.30. The fourth-order valence-corrected chi connectivity index (χ4v) is 3.68. The predicted molar refractivity (Wildman–Crippen MR) is 100 cm³/mol. The van der Waals surface area contributed by atoms with E-state index in [-0.39, 0.29) is 11.9 Å². The molecule has 1 aliphatic rings. The number of cyclic esters (lactones) is 1. The number of allylic oxidation sites excluding steroid dienone is 1. The van der Waals surface area contributed by atoms with E-state index < -0.39 is 0 Å². The number of ether oxygens (including phenoxy) is 1. The molecule has 0 atom stereocenters. The highest BCUT2D eigenvalue weighted by molar-refractivity contribution is 7.11. The topological polar surface area (TPSA) is 46.6 Å². The third-order valence-corrected chi connectivity index (χ3v) is 5.00. The molecule has 4 nitrogen and oxygen atoms in total. The molecular weight excluding hydrogens is 334 g/mol. The van der Waals surface area contributed by atoms with Crippen molar-refractivity contribution >= 4 is 34.5 Å². The average molecular weight is 355 g/mol. The Balaban J connectivity index is 2.18. The number of hydrogen-bond acceptors (Lipinski definition) is 4. The summed E-state index contributed by atoms with van der Waals surface area (Å²) in [4.78, 5) is 27.8. The summed E-state index contributed by atoms with van der Waals surface area (Å²) >= 11 is 1.52. The lowest BCUT2D eigenvalue weighted by Gasteiger charge is -2.21. The molecule has 5 heteroatoms. The van der Waals surface area contributed by atoms with Crippen LogP contribution in [-0.4, -0.2) is 29.9 Å². The van der Waals surface area contributed by atoms with E-state index in [9.17, 15) is 9.59 Å². The minimum Gasteiger partial charge on any atom is -0.447 e. The molecule has 1 aliphatic heterocycles. The van der Waals surface area contributed by atoms with Gasteiger partial charge in [-0.05, 0) is 23.4 Å². The molecule has 2 aromatic rings. The van der Waals surface area contributed by atoms with Gasteiger partial charge in [0.05, 0.1) is 22.7 Å². The van der Waals surface area contributed by atoms with Crippen molar-refractivity contribution in [2.75, 3.05) is 13.2 Å². The molecule has 0 bridgehead atoms. The van der Waals surface area contributed by atoms with Crippen molar-refractivity contribution in [3.63, 3.8) is 0 Å². The quantitative estimate of drug-likeness (QED) is 0.669. The number of benzene rings is 1. The molecule has 0 radical (unpaired) electrons. The highest BCUT2D eigenvalue weighted by Gasteiger charge is 2.31. The molecule has 25 heavy (non-hydrogen) atoms. The first kappa shape index (κ1) is 17.4. The van der Waals surface area contributed by atoms with Crippen molar-refractivity contribution in [3.05, 3.63) is 58.3 Å². The lowest BCUT2D eigenvalue weighted by Crippen LogP contribution is -2.25. The molecule has 0 spiro atoms. The van der Waals surface area contributed by atoms with Crippen LogP contribution in [0.5, 0.6) is 0 Å². The summed E-state index contributed by atoms with van der Waals surface area (Å²) in [5, 5.41) is 1.95. The van der Waals surface area contributed by atoms with Crippen LogP contribution in [0, 0.1) is 0 Å². The zero-order valence-electron chi connectivity index (χ0n) is 14.2. The van der Waals surface area contributed by atoms with E-state index in [4.69, 9.17) is 4.74 Å². The molecule has 1 aromatic heterocycles. The highest BCUT2D eigenvalue weighted by atomic mass is 32.1. The number of Topliss-reactive ketones (excluding diaryl/α,β-unsaturated/α-hetero) is 1. The van der Waals surface area contributed by atoms with Crippen molar-refractivity contribution in [2.24, 2.45) is 0 Å². The van der Waals surface area contributed by atoms with E-state index in [2.05, 4.69) is 6.92 Å². The molecule has 0 N–H and O–H groups in total. The standard InChI is InChI=1S/C20H21NO3S/c1-2-3-10-16(22)18(15-8-5-4-6-9-15)19(17-11-7-14-25-17)21-12-13-24-20(21)23/h4-9,11,14H,2-3,10,12-13H2,1H3/b19-18+. The van der Waals surface area contributed by atoms with E-state index in [0.717, 1.165) is 23.3 Å². The molecule has 0 aliphatic carbocycles. The van der Waals surface area contributed by atoms with Crippen molar-refractivity contribution in [1.82, 2.24) is 4.90 Å². The van der Waals surface area contributed by atoms with E-state index in [1.54, 1.807) is 4.90 Å². The van der Waals surface area contributed by atoms with E-state index in [1.807, 2.05) is 47.8 Å². The minimum atomic E-state index is -0.389. The second-order valence-electron chi connectivity index (χ2n) is 5.86. The monoisotopic (exact) mass is 355 g/mol. The fourth-order valence-electron chi connectivity index (χ4n) is 2.90. The SMILES string of the molecule is CCCCC(=O)/C(=C(\c1cccs1)N1CCOC1=O)c1ccccc1. The van der Waals surface area contributed by atoms with Gasteiger partial charge in [-0.25, -0.2) is 4.79 Å². The van der Waals surface area contributed by atoms with Gasteiger partial charge in [-0.2, -0.15) is 0 Å². The fraction of sp³-hybridized carbons (Fsp3) is 0.300. The Bertz CT molecular complexity index is 766. The smallest absolute Gasteiger partial charge is 0.414 e. The van der Waals surface area contributed by atoms with Gasteiger partial charge >= 0.3 is 6.09 Å². The first-order valence-electron chi connectivity index (χ1n) is 8.53. The van der Waals surface area contributed by atoms with Crippen LogP contribution < -0.4 is 0 Å². The Morgan fingerprint density at radius 2 is 2.00 bits per heavy atom. The number of amides is 1. The maximum Gasteiger partial charge on any atom is 0.414 e. The summed E-state index contributed by atoms with van der Waals surface area (Å²) in [5.74, 6) is 0.0659. The predicted octanol–water partition coefficient (Wildman–Crippen LogP) is 4.83. The van der Waals surface area contributed by atoms with Gasteiger partial charge in [-0.1, -0.05) is 49.7 Å². The number of ketones is 1. The Kier molecular flexibility index (Phi) is 5.66. The lowest BCUT2D eigenvalue weighted by molar-refractivity contribution is -0.113. The molecule has 1 aromatic carbocycles. The first-order valence-corrected chi connectivity index (χ1v) is 9.41. The number of carbonyl (C=O) groups is 2. The van der Waals surface area contributed by atoms with Crippen LogP contribution in [0.4, 0.5) is 4.79 Å². The van der Waals surface area contributed by atoms with Gasteiger partial charge in [0, 0.05) is 6.42 Å². The van der Waals surface area contributed by atoms with Gasteiger partial charge in [-0.3, -0.25) is 9.69 Å². The lowest BCUT2D eigenvalue weighted by atomic mass is 9.95. The number of carbonyl (C=O) groups excluding carboxylic acids is 2. The summed E-state index contributed by atoms with van der Waals surface area (Å²) in [6.07, 6.45) is 1.86. The Labute approximate surface area is 151 Å². The van der Waals surface area contributed by atoms with Crippen LogP contribution in [0.3, 0.4) is 0 Å². The van der Waals surface area contributed by atoms with E-state index in [1.165, 1.54) is 11.3 Å². The second-order valence-corrected chi connectivity index (χ2v) is 6.81. The van der Waals surface area contributed by atoms with Gasteiger partial charge in [-0.15, -0.1) is 11.3 Å². The molecule has 1 fully saturated rings. The minimum absolute atomic E-state index is 0.0659. The summed E-state index contributed by atoms with van der Waals surface area (Å²) in [6.45, 7) is 2.87. The Hall–Kier alpha value is -2.40. The normalized spacial score (nSPS) is 15.1. The number of thiophene rings is 1. The third-order valence-electron chi connectivity index (χ3n) is 4.12. The Morgan fingerprint density at radius 3 is 2.60 bits per heavy atom. The van der Waals surface area contributed by atoms with Crippen LogP contribution in [0.1, 0.15) is 36.6 Å². The zero-order chi connectivity index (χ0) is 17.6. The van der Waals surface area contributed by atoms with Crippen LogP contribution in [-0.2, 0) is 9.53 Å². The van der Waals surface area contributed by atoms with Crippen molar-refractivity contribution in [1.29, 1.82) is 0 Å². The number of unbranched alkanes of at least 4 members (excludes halogenated alkanes) is 1. The highest BCUT2D eigenvalue weighted by Crippen LogP contribution is 2.35. The zero-order valence-corrected chi connectivity index (χ0v) is 15.1. The molecule has 2 heterocycles. The first-order chi connectivity index (χ1) is 12.2. The molecular formula is C20H21NO3S. The second kappa shape index (κ2) is 8.12. The Morgan fingerprint density at radius 1 is 1.20 bits per heavy atom. The maximum absolute atomic E-state index is 13.1. The van der Waals surface area contributed by atoms with Crippen LogP contribution in [0.25, 0.3) is 11.3 Å². The van der Waals surface area contributed by atoms with E-state index >= 15 is 0 Å². The van der Waals surface area contributed by atoms with Crippen molar-refractivity contribution < 1.29 is 14.3 Å². The molecule has 0 unspecified atom stereocenters. The summed E-state index contributed by atoms with van der Waals surface area (Å²) in [6, 6.07) is 13.5. The largest absolute Gasteiger partial charge is 0.447 e. The van der Waals surface area contributed by atoms with Gasteiger partial charge in [0.25, 0.3) is 0 Å². The van der Waals surface area contributed by atoms with Crippen LogP contribution in [0.15, 0.2) is 47.8 Å². The van der Waals surface area contributed by atoms with Crippen molar-refractivity contribution in [2.45, 2.75) is 26.2 Å². The summed E-state index contributed by atoms with van der Waals surface area (Å²) in [5.41, 5.74) is 2.12. The molecule has 3 rings (SSSR count). The van der Waals surface area contributed by atoms with Gasteiger partial charge in [0.15, 0.2) is 5.78 Å². The van der Waals surface area contributed by atoms with Gasteiger partial charge in [0.2, 0.25) is 0 Å². The molecule has 1 saturated heterocycles. The van der Waals surface area contributed by atoms with Crippen LogP contribution >= 0.6 is 11.3 Å². The van der Waals surface area contributed by atoms with Crippen molar-refractivity contribution in [3.8, 4) is 0 Å². The van der Waals surface area contributed by atoms with Gasteiger partial charge < -0.3 is 4.74 Å². The number of rotatable bonds is 7. The van der Waals surface area contributed by atoms with Gasteiger partial charge in [0.1, 0.15) is 6.61 Å². The molecule has 1 amide bonds. The molecule has 0 saturated carbocycles. The molecule has 130 valence electrons.